The Kier molecular flexibility index (Phi) is 5.87. The molecule has 2 heterocycles. The number of carbonyl (C=O) groups is 3. The maximum atomic E-state index is 13.0. The molecule has 0 N–H and O–H groups in total. The minimum atomic E-state index is -0.536. The van der Waals surface area contributed by atoms with Crippen LogP contribution in [0.5, 0.6) is 0 Å². The van der Waals surface area contributed by atoms with Gasteiger partial charge in [0.05, 0.1) is 5.92 Å². The zero-order valence-electron chi connectivity index (χ0n) is 18.0. The number of benzene rings is 1. The van der Waals surface area contributed by atoms with Crippen molar-refractivity contribution in [2.45, 2.75) is 46.6 Å². The first-order chi connectivity index (χ1) is 13.6. The Morgan fingerprint density at radius 3 is 2.28 bits per heavy atom. The molecule has 0 aromatic heterocycles. The summed E-state index contributed by atoms with van der Waals surface area (Å²) >= 11 is 0. The van der Waals surface area contributed by atoms with E-state index in [1.54, 1.807) is 14.7 Å². The summed E-state index contributed by atoms with van der Waals surface area (Å²) in [7, 11) is 0. The molecular formula is C22H31N3O4. The van der Waals surface area contributed by atoms with Gasteiger partial charge >= 0.3 is 6.09 Å². The first-order valence-electron chi connectivity index (χ1n) is 10.2. The lowest BCUT2D eigenvalue weighted by molar-refractivity contribution is -0.137. The van der Waals surface area contributed by atoms with E-state index >= 15 is 0 Å². The van der Waals surface area contributed by atoms with Crippen molar-refractivity contribution in [3.8, 4) is 0 Å². The monoisotopic (exact) mass is 401 g/mol. The summed E-state index contributed by atoms with van der Waals surface area (Å²) in [6.45, 7) is 11.8. The third-order valence-electron chi connectivity index (χ3n) is 5.58. The maximum absolute atomic E-state index is 13.0. The summed E-state index contributed by atoms with van der Waals surface area (Å²) in [5, 5.41) is 0. The quantitative estimate of drug-likeness (QED) is 0.764. The van der Waals surface area contributed by atoms with Crippen LogP contribution in [0, 0.1) is 19.8 Å². The summed E-state index contributed by atoms with van der Waals surface area (Å²) in [5.74, 6) is -0.352. The first-order valence-corrected chi connectivity index (χ1v) is 10.2. The number of hydrogen-bond donors (Lipinski definition) is 0. The van der Waals surface area contributed by atoms with Crippen LogP contribution in [0.2, 0.25) is 0 Å². The normalized spacial score (nSPS) is 20.2. The van der Waals surface area contributed by atoms with Crippen LogP contribution in [-0.4, -0.2) is 66.0 Å². The van der Waals surface area contributed by atoms with Crippen molar-refractivity contribution in [1.29, 1.82) is 0 Å². The van der Waals surface area contributed by atoms with E-state index in [-0.39, 0.29) is 30.2 Å². The maximum Gasteiger partial charge on any atom is 0.410 e. The highest BCUT2D eigenvalue weighted by atomic mass is 16.6. The van der Waals surface area contributed by atoms with Gasteiger partial charge in [0.15, 0.2) is 0 Å². The van der Waals surface area contributed by atoms with Crippen molar-refractivity contribution in [1.82, 2.24) is 9.80 Å². The molecule has 158 valence electrons. The van der Waals surface area contributed by atoms with Crippen LogP contribution in [-0.2, 0) is 14.3 Å². The Morgan fingerprint density at radius 2 is 1.66 bits per heavy atom. The number of piperazine rings is 1. The third-order valence-corrected chi connectivity index (χ3v) is 5.58. The average Bonchev–Trinajstić information content (AvgIpc) is 3.03. The van der Waals surface area contributed by atoms with E-state index in [0.717, 1.165) is 16.8 Å². The predicted octanol–water partition coefficient (Wildman–Crippen LogP) is 2.74. The highest BCUT2D eigenvalue weighted by Crippen LogP contribution is 2.30. The fourth-order valence-electron chi connectivity index (χ4n) is 3.83. The Hall–Kier alpha value is -2.57. The molecule has 1 atom stereocenters. The molecule has 7 nitrogen and oxygen atoms in total. The summed E-state index contributed by atoms with van der Waals surface area (Å²) < 4.78 is 5.40. The molecule has 1 unspecified atom stereocenters. The first kappa shape index (κ1) is 21.1. The fourth-order valence-corrected chi connectivity index (χ4v) is 3.83. The standard InChI is InChI=1S/C22H31N3O4/c1-15-7-6-8-18(16(15)2)25-14-17(13-19(25)26)20(27)23-9-11-24(12-10-23)21(28)29-22(3,4)5/h6-8,17H,9-14H2,1-5H3. The zero-order valence-corrected chi connectivity index (χ0v) is 18.0. The van der Waals surface area contributed by atoms with E-state index in [1.165, 1.54) is 0 Å². The fraction of sp³-hybridized carbons (Fsp3) is 0.591. The second-order valence-corrected chi connectivity index (χ2v) is 8.92. The van der Waals surface area contributed by atoms with Crippen LogP contribution in [0.1, 0.15) is 38.3 Å². The van der Waals surface area contributed by atoms with E-state index in [9.17, 15) is 14.4 Å². The molecule has 2 fully saturated rings. The van der Waals surface area contributed by atoms with Crippen LogP contribution in [0.25, 0.3) is 0 Å². The SMILES string of the molecule is Cc1cccc(N2CC(C(=O)N3CCN(C(=O)OC(C)(C)C)CC3)CC2=O)c1C. The highest BCUT2D eigenvalue weighted by Gasteiger charge is 2.39. The topological polar surface area (TPSA) is 70.2 Å². The van der Waals surface area contributed by atoms with Crippen LogP contribution in [0.3, 0.4) is 0 Å². The highest BCUT2D eigenvalue weighted by molar-refractivity contribution is 6.01. The van der Waals surface area contributed by atoms with E-state index in [0.29, 0.717) is 32.7 Å². The number of carbonyl (C=O) groups excluding carboxylic acids is 3. The number of hydrogen-bond acceptors (Lipinski definition) is 4. The Balaban J connectivity index is 1.59. The second-order valence-electron chi connectivity index (χ2n) is 8.92. The molecular weight excluding hydrogens is 370 g/mol. The lowest BCUT2D eigenvalue weighted by Crippen LogP contribution is -2.53. The number of anilines is 1. The van der Waals surface area contributed by atoms with Crippen LogP contribution in [0.15, 0.2) is 18.2 Å². The van der Waals surface area contributed by atoms with Gasteiger partial charge in [-0.3, -0.25) is 9.59 Å². The molecule has 1 aromatic rings. The molecule has 0 radical (unpaired) electrons. The van der Waals surface area contributed by atoms with Crippen LogP contribution >= 0.6 is 0 Å². The minimum Gasteiger partial charge on any atom is -0.444 e. The molecule has 3 amide bonds. The van der Waals surface area contributed by atoms with Gasteiger partial charge in [0, 0.05) is 44.8 Å². The van der Waals surface area contributed by atoms with E-state index in [2.05, 4.69) is 0 Å². The van der Waals surface area contributed by atoms with Crippen LogP contribution < -0.4 is 4.90 Å². The smallest absolute Gasteiger partial charge is 0.410 e. The molecule has 2 aliphatic heterocycles. The molecule has 1 aromatic carbocycles. The number of amides is 3. The van der Waals surface area contributed by atoms with Crippen molar-refractivity contribution in [2.75, 3.05) is 37.6 Å². The van der Waals surface area contributed by atoms with Gasteiger partial charge in [0.2, 0.25) is 11.8 Å². The van der Waals surface area contributed by atoms with Gasteiger partial charge in [-0.2, -0.15) is 0 Å². The van der Waals surface area contributed by atoms with Gasteiger partial charge in [-0.25, -0.2) is 4.79 Å². The molecule has 3 rings (SSSR count). The number of aryl methyl sites for hydroxylation is 1. The summed E-state index contributed by atoms with van der Waals surface area (Å²) in [6, 6.07) is 5.90. The van der Waals surface area contributed by atoms with Crippen molar-refractivity contribution < 1.29 is 19.1 Å². The number of rotatable bonds is 2. The van der Waals surface area contributed by atoms with Gasteiger partial charge in [0.1, 0.15) is 5.60 Å². The summed E-state index contributed by atoms with van der Waals surface area (Å²) in [4.78, 5) is 42.9. The van der Waals surface area contributed by atoms with E-state index in [4.69, 9.17) is 4.74 Å². The molecule has 0 spiro atoms. The average molecular weight is 402 g/mol. The van der Waals surface area contributed by atoms with Crippen molar-refractivity contribution >= 4 is 23.6 Å². The van der Waals surface area contributed by atoms with Gasteiger partial charge in [-0.15, -0.1) is 0 Å². The largest absolute Gasteiger partial charge is 0.444 e. The Labute approximate surface area is 172 Å². The minimum absolute atomic E-state index is 0.00463. The molecule has 0 bridgehead atoms. The molecule has 0 saturated carbocycles. The molecule has 2 saturated heterocycles. The number of ether oxygens (including phenoxy) is 1. The van der Waals surface area contributed by atoms with Gasteiger partial charge in [-0.05, 0) is 51.8 Å². The van der Waals surface area contributed by atoms with E-state index < -0.39 is 5.60 Å². The van der Waals surface area contributed by atoms with Crippen molar-refractivity contribution in [3.63, 3.8) is 0 Å². The predicted molar refractivity (Wildman–Crippen MR) is 111 cm³/mol. The molecule has 29 heavy (non-hydrogen) atoms. The zero-order chi connectivity index (χ0) is 21.3. The lowest BCUT2D eigenvalue weighted by atomic mass is 10.1. The Morgan fingerprint density at radius 1 is 1.03 bits per heavy atom. The van der Waals surface area contributed by atoms with Gasteiger partial charge in [-0.1, -0.05) is 12.1 Å². The van der Waals surface area contributed by atoms with Crippen LogP contribution in [0.4, 0.5) is 10.5 Å². The second kappa shape index (κ2) is 8.05. The summed E-state index contributed by atoms with van der Waals surface area (Å²) in [5.41, 5.74) is 2.55. The summed E-state index contributed by atoms with van der Waals surface area (Å²) in [6.07, 6.45) is -0.111. The Bertz CT molecular complexity index is 807. The number of nitrogens with zero attached hydrogens (tertiary/aromatic N) is 3. The lowest BCUT2D eigenvalue weighted by Gasteiger charge is -2.36. The molecule has 0 aliphatic carbocycles. The molecule has 7 heteroatoms. The van der Waals surface area contributed by atoms with E-state index in [1.807, 2.05) is 52.8 Å². The van der Waals surface area contributed by atoms with Crippen molar-refractivity contribution in [3.05, 3.63) is 29.3 Å². The van der Waals surface area contributed by atoms with Crippen molar-refractivity contribution in [2.24, 2.45) is 5.92 Å². The van der Waals surface area contributed by atoms with Gasteiger partial charge < -0.3 is 19.4 Å². The third kappa shape index (κ3) is 4.71. The van der Waals surface area contributed by atoms with Gasteiger partial charge in [0.25, 0.3) is 0 Å². The molecule has 2 aliphatic rings.